The van der Waals surface area contributed by atoms with Gasteiger partial charge in [0.15, 0.2) is 0 Å². The molecule has 0 aliphatic heterocycles. The molecule has 0 aromatic heterocycles. The van der Waals surface area contributed by atoms with Crippen molar-refractivity contribution >= 4 is 11.6 Å². The molecule has 1 nitrogen and oxygen atoms in total. The van der Waals surface area contributed by atoms with E-state index in [9.17, 15) is 0 Å². The van der Waals surface area contributed by atoms with Crippen molar-refractivity contribution in [1.82, 2.24) is 5.32 Å². The van der Waals surface area contributed by atoms with E-state index in [1.54, 1.807) is 0 Å². The van der Waals surface area contributed by atoms with Crippen molar-refractivity contribution in [3.63, 3.8) is 0 Å². The summed E-state index contributed by atoms with van der Waals surface area (Å²) in [4.78, 5) is 0. The third kappa shape index (κ3) is 3.51. The quantitative estimate of drug-likeness (QED) is 0.818. The number of benzene rings is 1. The van der Waals surface area contributed by atoms with Gasteiger partial charge in [-0.3, -0.25) is 0 Å². The molecule has 1 atom stereocenters. The highest BCUT2D eigenvalue weighted by Crippen LogP contribution is 2.23. The van der Waals surface area contributed by atoms with Crippen molar-refractivity contribution in [1.29, 1.82) is 0 Å². The fourth-order valence-corrected chi connectivity index (χ4v) is 1.87. The van der Waals surface area contributed by atoms with Gasteiger partial charge in [-0.2, -0.15) is 0 Å². The lowest BCUT2D eigenvalue weighted by Crippen LogP contribution is -2.42. The second kappa shape index (κ2) is 5.00. The molecular weight excluding hydrogens is 206 g/mol. The molecule has 0 radical (unpaired) electrons. The first-order valence-electron chi connectivity index (χ1n) is 5.49. The lowest BCUT2D eigenvalue weighted by Gasteiger charge is -2.30. The highest BCUT2D eigenvalue weighted by atomic mass is 35.5. The second-order valence-electron chi connectivity index (χ2n) is 4.59. The predicted octanol–water partition coefficient (Wildman–Crippen LogP) is 3.96. The van der Waals surface area contributed by atoms with E-state index >= 15 is 0 Å². The van der Waals surface area contributed by atoms with Gasteiger partial charge in [-0.25, -0.2) is 0 Å². The van der Waals surface area contributed by atoms with Crippen LogP contribution in [0.1, 0.15) is 39.7 Å². The topological polar surface area (TPSA) is 12.0 Å². The van der Waals surface area contributed by atoms with E-state index in [1.807, 2.05) is 18.2 Å². The Morgan fingerprint density at radius 3 is 2.60 bits per heavy atom. The minimum Gasteiger partial charge on any atom is -0.305 e. The second-order valence-corrected chi connectivity index (χ2v) is 5.03. The number of hydrogen-bond donors (Lipinski definition) is 1. The molecule has 0 fully saturated rings. The van der Waals surface area contributed by atoms with Crippen molar-refractivity contribution in [2.75, 3.05) is 0 Å². The Hall–Kier alpha value is -0.530. The molecule has 15 heavy (non-hydrogen) atoms. The molecule has 1 N–H and O–H groups in total. The third-order valence-electron chi connectivity index (χ3n) is 2.77. The van der Waals surface area contributed by atoms with E-state index in [4.69, 9.17) is 11.6 Å². The van der Waals surface area contributed by atoms with Gasteiger partial charge >= 0.3 is 0 Å². The van der Waals surface area contributed by atoms with Crippen LogP contribution >= 0.6 is 11.6 Å². The maximum absolute atomic E-state index is 5.99. The van der Waals surface area contributed by atoms with Gasteiger partial charge in [0.25, 0.3) is 0 Å². The number of nitrogens with one attached hydrogen (secondary N) is 1. The number of hydrogen-bond acceptors (Lipinski definition) is 1. The maximum atomic E-state index is 5.99. The van der Waals surface area contributed by atoms with Crippen LogP contribution in [0.4, 0.5) is 0 Å². The summed E-state index contributed by atoms with van der Waals surface area (Å²) < 4.78 is 0. The SMILES string of the molecule is CCC(C)NC(C)(C)c1cccc(Cl)c1. The first-order valence-corrected chi connectivity index (χ1v) is 5.87. The molecule has 2 heteroatoms. The molecule has 0 aliphatic carbocycles. The average Bonchev–Trinajstić information content (AvgIpc) is 2.17. The Kier molecular flexibility index (Phi) is 4.18. The van der Waals surface area contributed by atoms with Crippen LogP contribution in [0.25, 0.3) is 0 Å². The molecule has 1 unspecified atom stereocenters. The number of halogens is 1. The summed E-state index contributed by atoms with van der Waals surface area (Å²) in [5.41, 5.74) is 1.20. The fourth-order valence-electron chi connectivity index (χ4n) is 1.68. The van der Waals surface area contributed by atoms with Gasteiger partial charge in [-0.15, -0.1) is 0 Å². The normalized spacial score (nSPS) is 13.9. The minimum atomic E-state index is -0.0275. The van der Waals surface area contributed by atoms with E-state index in [-0.39, 0.29) is 5.54 Å². The Balaban J connectivity index is 2.85. The highest BCUT2D eigenvalue weighted by Gasteiger charge is 2.21. The van der Waals surface area contributed by atoms with E-state index in [0.717, 1.165) is 11.4 Å². The lowest BCUT2D eigenvalue weighted by atomic mass is 9.93. The van der Waals surface area contributed by atoms with Crippen molar-refractivity contribution < 1.29 is 0 Å². The molecular formula is C13H20ClN. The molecule has 1 aromatic rings. The van der Waals surface area contributed by atoms with Crippen LogP contribution in [-0.4, -0.2) is 6.04 Å². The molecule has 0 heterocycles. The zero-order valence-corrected chi connectivity index (χ0v) is 10.7. The summed E-state index contributed by atoms with van der Waals surface area (Å²) in [6.45, 7) is 8.76. The van der Waals surface area contributed by atoms with Gasteiger partial charge in [-0.1, -0.05) is 30.7 Å². The largest absolute Gasteiger partial charge is 0.305 e. The van der Waals surface area contributed by atoms with Crippen LogP contribution in [0.2, 0.25) is 5.02 Å². The molecule has 0 bridgehead atoms. The average molecular weight is 226 g/mol. The Morgan fingerprint density at radius 2 is 2.07 bits per heavy atom. The predicted molar refractivity (Wildman–Crippen MR) is 67.4 cm³/mol. The molecule has 0 aliphatic rings. The molecule has 1 aromatic carbocycles. The summed E-state index contributed by atoms with van der Waals surface area (Å²) >= 11 is 5.99. The third-order valence-corrected chi connectivity index (χ3v) is 3.00. The van der Waals surface area contributed by atoms with Gasteiger partial charge in [-0.05, 0) is 44.9 Å². The molecule has 0 spiro atoms. The molecule has 0 saturated heterocycles. The van der Waals surface area contributed by atoms with Gasteiger partial charge in [0.2, 0.25) is 0 Å². The van der Waals surface area contributed by atoms with Gasteiger partial charge in [0.05, 0.1) is 0 Å². The molecule has 0 amide bonds. The Morgan fingerprint density at radius 1 is 1.40 bits per heavy atom. The van der Waals surface area contributed by atoms with Crippen LogP contribution < -0.4 is 5.32 Å². The van der Waals surface area contributed by atoms with E-state index < -0.39 is 0 Å². The minimum absolute atomic E-state index is 0.0275. The summed E-state index contributed by atoms with van der Waals surface area (Å²) in [5, 5.41) is 4.39. The Labute approximate surface area is 97.8 Å². The summed E-state index contributed by atoms with van der Waals surface area (Å²) in [6.07, 6.45) is 1.13. The first-order chi connectivity index (χ1) is 6.95. The maximum Gasteiger partial charge on any atom is 0.0409 e. The molecule has 1 rings (SSSR count). The van der Waals surface area contributed by atoms with E-state index in [1.165, 1.54) is 5.56 Å². The van der Waals surface area contributed by atoms with Crippen LogP contribution in [-0.2, 0) is 5.54 Å². The van der Waals surface area contributed by atoms with E-state index in [0.29, 0.717) is 6.04 Å². The zero-order chi connectivity index (χ0) is 11.5. The van der Waals surface area contributed by atoms with Crippen LogP contribution in [0.3, 0.4) is 0 Å². The zero-order valence-electron chi connectivity index (χ0n) is 9.97. The standard InChI is InChI=1S/C13H20ClN/c1-5-10(2)15-13(3,4)11-7-6-8-12(14)9-11/h6-10,15H,5H2,1-4H3. The monoisotopic (exact) mass is 225 g/mol. The number of rotatable bonds is 4. The highest BCUT2D eigenvalue weighted by molar-refractivity contribution is 6.30. The molecule has 84 valence electrons. The fraction of sp³-hybridized carbons (Fsp3) is 0.538. The lowest BCUT2D eigenvalue weighted by molar-refractivity contribution is 0.347. The van der Waals surface area contributed by atoms with Gasteiger partial charge < -0.3 is 5.32 Å². The van der Waals surface area contributed by atoms with Crippen molar-refractivity contribution in [2.45, 2.75) is 45.7 Å². The van der Waals surface area contributed by atoms with Gasteiger partial charge in [0.1, 0.15) is 0 Å². The Bertz CT molecular complexity index is 320. The first kappa shape index (κ1) is 12.5. The van der Waals surface area contributed by atoms with E-state index in [2.05, 4.69) is 39.1 Å². The van der Waals surface area contributed by atoms with Crippen molar-refractivity contribution in [3.8, 4) is 0 Å². The molecule has 0 saturated carbocycles. The van der Waals surface area contributed by atoms with Crippen molar-refractivity contribution in [3.05, 3.63) is 34.9 Å². The van der Waals surface area contributed by atoms with Gasteiger partial charge in [0, 0.05) is 16.6 Å². The summed E-state index contributed by atoms with van der Waals surface area (Å²) in [7, 11) is 0. The summed E-state index contributed by atoms with van der Waals surface area (Å²) in [5.74, 6) is 0. The van der Waals surface area contributed by atoms with Crippen LogP contribution in [0.15, 0.2) is 24.3 Å². The summed E-state index contributed by atoms with van der Waals surface area (Å²) in [6, 6.07) is 8.55. The van der Waals surface area contributed by atoms with Crippen molar-refractivity contribution in [2.24, 2.45) is 0 Å². The smallest absolute Gasteiger partial charge is 0.0409 e. The van der Waals surface area contributed by atoms with Crippen LogP contribution in [0, 0.1) is 0 Å². The van der Waals surface area contributed by atoms with Crippen LogP contribution in [0.5, 0.6) is 0 Å².